The largest absolute Gasteiger partial charge is 0.464 e. The standard InChI is InChI=1S/C12H15N5O8S2/c1-5(18)25-3-7-9(11(20)17(7)27(21,22)23)15-10(19)8(16-24-2)6-4-26-12(13)14-6/h4,7,9H,3H2,1-2H3,(H2,13,14)(H,15,19)(H,21,22,23)/b16-8-. The number of rotatable bonds is 7. The number of hydrogen-bond acceptors (Lipinski definition) is 11. The Morgan fingerprint density at radius 3 is 2.67 bits per heavy atom. The van der Waals surface area contributed by atoms with E-state index in [1.165, 1.54) is 12.5 Å². The van der Waals surface area contributed by atoms with Crippen molar-refractivity contribution >= 4 is 50.3 Å². The number of nitrogens with one attached hydrogen (secondary N) is 1. The van der Waals surface area contributed by atoms with Gasteiger partial charge in [-0.25, -0.2) is 9.29 Å². The van der Waals surface area contributed by atoms with Crippen molar-refractivity contribution in [1.82, 2.24) is 14.6 Å². The van der Waals surface area contributed by atoms with E-state index < -0.39 is 46.8 Å². The lowest BCUT2D eigenvalue weighted by Crippen LogP contribution is -2.73. The van der Waals surface area contributed by atoms with Crippen LogP contribution in [0.15, 0.2) is 10.5 Å². The van der Waals surface area contributed by atoms with E-state index in [-0.39, 0.29) is 20.8 Å². The van der Waals surface area contributed by atoms with Crippen LogP contribution in [0.2, 0.25) is 0 Å². The number of hydrogen-bond donors (Lipinski definition) is 3. The molecular weight excluding hydrogens is 406 g/mol. The van der Waals surface area contributed by atoms with E-state index in [4.69, 9.17) is 10.3 Å². The number of β-lactam (4-membered cyclic amide) rings is 1. The smallest absolute Gasteiger partial charge is 0.362 e. The maximum Gasteiger partial charge on any atom is 0.362 e. The number of carbonyl (C=O) groups excluding carboxylic acids is 3. The third-order valence-electron chi connectivity index (χ3n) is 3.32. The number of thiazole rings is 1. The summed E-state index contributed by atoms with van der Waals surface area (Å²) in [5.41, 5.74) is 5.27. The second-order valence-corrected chi connectivity index (χ2v) is 7.31. The van der Waals surface area contributed by atoms with Crippen molar-refractivity contribution in [3.05, 3.63) is 11.1 Å². The monoisotopic (exact) mass is 421 g/mol. The number of aromatic nitrogens is 1. The number of anilines is 1. The summed E-state index contributed by atoms with van der Waals surface area (Å²) in [6, 6.07) is -2.72. The highest BCUT2D eigenvalue weighted by molar-refractivity contribution is 7.84. The summed E-state index contributed by atoms with van der Waals surface area (Å²) in [6.45, 7) is 0.508. The van der Waals surface area contributed by atoms with E-state index in [1.807, 2.05) is 0 Å². The molecule has 2 heterocycles. The van der Waals surface area contributed by atoms with E-state index in [0.717, 1.165) is 18.3 Å². The van der Waals surface area contributed by atoms with E-state index in [2.05, 4.69) is 25.0 Å². The lowest BCUT2D eigenvalue weighted by molar-refractivity contribution is -0.154. The molecule has 27 heavy (non-hydrogen) atoms. The molecule has 1 saturated heterocycles. The van der Waals surface area contributed by atoms with Gasteiger partial charge in [0.05, 0.1) is 0 Å². The molecule has 2 atom stereocenters. The summed E-state index contributed by atoms with van der Waals surface area (Å²) in [5, 5.41) is 7.36. The molecule has 0 radical (unpaired) electrons. The van der Waals surface area contributed by atoms with Gasteiger partial charge in [0.25, 0.3) is 11.8 Å². The number of oxime groups is 1. The molecule has 1 fully saturated rings. The van der Waals surface area contributed by atoms with Crippen LogP contribution in [0.1, 0.15) is 12.6 Å². The molecule has 2 rings (SSSR count). The summed E-state index contributed by atoms with van der Waals surface area (Å²) in [7, 11) is -3.72. The first-order chi connectivity index (χ1) is 12.6. The average molecular weight is 421 g/mol. The van der Waals surface area contributed by atoms with Crippen molar-refractivity contribution in [3.8, 4) is 0 Å². The third-order valence-corrected chi connectivity index (χ3v) is 4.95. The fraction of sp³-hybridized carbons (Fsp3) is 0.417. The fourth-order valence-electron chi connectivity index (χ4n) is 2.23. The van der Waals surface area contributed by atoms with Crippen LogP contribution in [0, 0.1) is 0 Å². The molecule has 1 aliphatic rings. The predicted octanol–water partition coefficient (Wildman–Crippen LogP) is -1.86. The second kappa shape index (κ2) is 7.85. The maximum atomic E-state index is 12.4. The van der Waals surface area contributed by atoms with Crippen LogP contribution in [0.5, 0.6) is 0 Å². The molecule has 1 aliphatic heterocycles. The maximum absolute atomic E-state index is 12.4. The minimum absolute atomic E-state index is 0.0757. The van der Waals surface area contributed by atoms with Crippen LogP contribution in [-0.4, -0.2) is 71.6 Å². The topological polar surface area (TPSA) is 191 Å². The van der Waals surface area contributed by atoms with Gasteiger partial charge in [-0.3, -0.25) is 18.9 Å². The Bertz CT molecular complexity index is 895. The summed E-state index contributed by atoms with van der Waals surface area (Å²) in [6.07, 6.45) is 0. The molecule has 1 aromatic rings. The van der Waals surface area contributed by atoms with Crippen LogP contribution >= 0.6 is 11.3 Å². The van der Waals surface area contributed by atoms with Gasteiger partial charge >= 0.3 is 16.3 Å². The molecule has 2 amide bonds. The fourth-order valence-corrected chi connectivity index (χ4v) is 3.64. The third kappa shape index (κ3) is 4.50. The zero-order valence-corrected chi connectivity index (χ0v) is 15.6. The van der Waals surface area contributed by atoms with Crippen molar-refractivity contribution in [1.29, 1.82) is 0 Å². The van der Waals surface area contributed by atoms with Gasteiger partial charge in [0.2, 0.25) is 0 Å². The van der Waals surface area contributed by atoms with Crippen LogP contribution in [-0.2, 0) is 34.3 Å². The van der Waals surface area contributed by atoms with Crippen molar-refractivity contribution in [2.24, 2.45) is 5.16 Å². The Hall–Kier alpha value is -2.78. The number of nitrogens with zero attached hydrogens (tertiary/aromatic N) is 3. The predicted molar refractivity (Wildman–Crippen MR) is 90.8 cm³/mol. The van der Waals surface area contributed by atoms with Gasteiger partial charge in [-0.05, 0) is 0 Å². The molecule has 0 bridgehead atoms. The average Bonchev–Trinajstić information content (AvgIpc) is 2.98. The van der Waals surface area contributed by atoms with Gasteiger partial charge in [-0.15, -0.1) is 11.3 Å². The Balaban J connectivity index is 2.22. The number of ether oxygens (including phenoxy) is 1. The first kappa shape index (κ1) is 20.5. The van der Waals surface area contributed by atoms with Gasteiger partial charge in [0.1, 0.15) is 31.5 Å². The van der Waals surface area contributed by atoms with Crippen molar-refractivity contribution in [2.45, 2.75) is 19.0 Å². The minimum Gasteiger partial charge on any atom is -0.464 e. The first-order valence-corrected chi connectivity index (χ1v) is 9.41. The summed E-state index contributed by atoms with van der Waals surface area (Å²) in [4.78, 5) is 43.9. The number of carbonyl (C=O) groups is 3. The lowest BCUT2D eigenvalue weighted by atomic mass is 9.99. The highest BCUT2D eigenvalue weighted by atomic mass is 32.2. The second-order valence-electron chi connectivity index (χ2n) is 5.13. The van der Waals surface area contributed by atoms with Gasteiger partial charge < -0.3 is 20.6 Å². The van der Waals surface area contributed by atoms with E-state index in [9.17, 15) is 22.8 Å². The first-order valence-electron chi connectivity index (χ1n) is 7.13. The minimum atomic E-state index is -4.90. The van der Waals surface area contributed by atoms with E-state index >= 15 is 0 Å². The van der Waals surface area contributed by atoms with Crippen LogP contribution in [0.25, 0.3) is 0 Å². The Morgan fingerprint density at radius 1 is 1.52 bits per heavy atom. The van der Waals surface area contributed by atoms with Crippen LogP contribution in [0.3, 0.4) is 0 Å². The summed E-state index contributed by atoms with van der Waals surface area (Å²) < 4.78 is 36.5. The molecule has 2 unspecified atom stereocenters. The molecular formula is C12H15N5O8S2. The molecule has 15 heteroatoms. The quantitative estimate of drug-likeness (QED) is 0.148. The number of nitrogen functional groups attached to an aromatic ring is 1. The van der Waals surface area contributed by atoms with E-state index in [0.29, 0.717) is 0 Å². The Morgan fingerprint density at radius 2 is 2.19 bits per heavy atom. The summed E-state index contributed by atoms with van der Waals surface area (Å²) in [5.74, 6) is -2.77. The zero-order valence-electron chi connectivity index (χ0n) is 14.0. The lowest BCUT2D eigenvalue weighted by Gasteiger charge is -2.43. The molecule has 1 aromatic heterocycles. The van der Waals surface area contributed by atoms with E-state index in [1.54, 1.807) is 0 Å². The molecule has 0 saturated carbocycles. The summed E-state index contributed by atoms with van der Waals surface area (Å²) >= 11 is 1.04. The highest BCUT2D eigenvalue weighted by Gasteiger charge is 2.54. The van der Waals surface area contributed by atoms with Crippen LogP contribution in [0.4, 0.5) is 5.13 Å². The van der Waals surface area contributed by atoms with Gasteiger partial charge in [-0.1, -0.05) is 5.16 Å². The molecule has 0 aliphatic carbocycles. The number of nitrogens with two attached hydrogens (primary N) is 1. The Kier molecular flexibility index (Phi) is 5.97. The molecule has 148 valence electrons. The zero-order chi connectivity index (χ0) is 20.4. The highest BCUT2D eigenvalue weighted by Crippen LogP contribution is 2.24. The molecule has 13 nitrogen and oxygen atoms in total. The van der Waals surface area contributed by atoms with Crippen molar-refractivity contribution in [3.63, 3.8) is 0 Å². The molecule has 4 N–H and O–H groups in total. The number of esters is 1. The van der Waals surface area contributed by atoms with Gasteiger partial charge in [-0.2, -0.15) is 8.42 Å². The normalized spacial score (nSPS) is 20.0. The number of amides is 2. The Labute approximate surface area is 157 Å². The van der Waals surface area contributed by atoms with Crippen molar-refractivity contribution in [2.75, 3.05) is 19.5 Å². The molecule has 0 aromatic carbocycles. The molecule has 0 spiro atoms. The van der Waals surface area contributed by atoms with Crippen molar-refractivity contribution < 1.29 is 36.9 Å². The van der Waals surface area contributed by atoms with Crippen LogP contribution < -0.4 is 11.1 Å². The van der Waals surface area contributed by atoms with Gasteiger partial charge in [0, 0.05) is 12.3 Å². The SMILES string of the molecule is CO/N=C(\C(=O)NC1C(=O)N(S(=O)(=O)O)C1COC(C)=O)c1csc(N)n1. The van der Waals surface area contributed by atoms with Gasteiger partial charge in [0.15, 0.2) is 10.8 Å².